The van der Waals surface area contributed by atoms with Gasteiger partial charge in [-0.25, -0.2) is 0 Å². The molecule has 0 heterocycles. The average molecular weight is 1310 g/mol. The normalized spacial score (nSPS) is 11.2. The Morgan fingerprint density at radius 1 is 0.228 bits per heavy atom. The lowest BCUT2D eigenvalue weighted by atomic mass is 10.1. The lowest BCUT2D eigenvalue weighted by Gasteiger charge is -2.20. The van der Waals surface area contributed by atoms with Crippen molar-refractivity contribution >= 4 is 0 Å². The van der Waals surface area contributed by atoms with Gasteiger partial charge in [-0.05, 0) is 47.5 Å². The first-order chi connectivity index (χ1) is 45.5. The first-order valence-corrected chi connectivity index (χ1v) is 30.7. The molecule has 28 heteroatoms. The Hall–Kier alpha value is -5.68. The number of nitriles is 2. The summed E-state index contributed by atoms with van der Waals surface area (Å²) in [6.07, 6.45) is 0. The zero-order valence-corrected chi connectivity index (χ0v) is 54.8. The van der Waals surface area contributed by atoms with Gasteiger partial charge in [0.25, 0.3) is 0 Å². The molecular formula is C64H100N2O26. The van der Waals surface area contributed by atoms with Crippen LogP contribution in [0.1, 0.15) is 22.3 Å². The molecule has 522 valence electrons. The highest BCUT2D eigenvalue weighted by Crippen LogP contribution is 2.41. The van der Waals surface area contributed by atoms with Crippen LogP contribution in [0.3, 0.4) is 0 Å². The molecule has 0 saturated carbocycles. The predicted molar refractivity (Wildman–Crippen MR) is 331 cm³/mol. The van der Waals surface area contributed by atoms with E-state index in [4.69, 9.17) is 123 Å². The van der Waals surface area contributed by atoms with Crippen LogP contribution in [0.4, 0.5) is 0 Å². The van der Waals surface area contributed by atoms with Crippen LogP contribution in [0.15, 0.2) is 36.4 Å². The van der Waals surface area contributed by atoms with Gasteiger partial charge < -0.3 is 123 Å². The Balaban J connectivity index is 1.93. The summed E-state index contributed by atoms with van der Waals surface area (Å²) in [4.78, 5) is 0. The van der Waals surface area contributed by atoms with E-state index >= 15 is 0 Å². The summed E-state index contributed by atoms with van der Waals surface area (Å²) < 4.78 is 149. The van der Waals surface area contributed by atoms with Crippen LogP contribution >= 0.6 is 0 Å². The van der Waals surface area contributed by atoms with Gasteiger partial charge in [0.1, 0.15) is 87.6 Å². The SMILES string of the molecule is COCCOCCOCCOc1cc(COc2ccc(OCc3cc(OCCOCCOCCOC)c(OCCOCCOCCOC)c(OCCOCCOCCOC)c3)c(C#N)c2C#N)cc(OCCOCCOCCOC)c1OCCOCCOCCOC. The maximum atomic E-state index is 10.6. The van der Waals surface area contributed by atoms with Crippen LogP contribution in [0.2, 0.25) is 0 Å². The number of benzene rings is 3. The molecule has 0 aliphatic carbocycles. The molecule has 28 nitrogen and oxygen atoms in total. The Kier molecular flexibility index (Phi) is 50.7. The molecule has 0 spiro atoms. The van der Waals surface area contributed by atoms with Crippen molar-refractivity contribution in [3.05, 3.63) is 58.7 Å². The number of ether oxygens (including phenoxy) is 26. The fraction of sp³-hybridized carbons (Fsp3) is 0.688. The molecule has 0 unspecified atom stereocenters. The molecule has 0 amide bonds. The third-order valence-corrected chi connectivity index (χ3v) is 12.0. The Morgan fingerprint density at radius 2 is 0.413 bits per heavy atom. The van der Waals surface area contributed by atoms with Crippen molar-refractivity contribution in [1.82, 2.24) is 0 Å². The van der Waals surface area contributed by atoms with Crippen LogP contribution in [0, 0.1) is 22.7 Å². The predicted octanol–water partition coefficient (Wildman–Crippen LogP) is 4.94. The second-order valence-electron chi connectivity index (χ2n) is 18.9. The van der Waals surface area contributed by atoms with Crippen molar-refractivity contribution in [2.75, 3.05) is 281 Å². The third kappa shape index (κ3) is 38.5. The van der Waals surface area contributed by atoms with E-state index in [1.807, 2.05) is 0 Å². The van der Waals surface area contributed by atoms with Gasteiger partial charge in [0, 0.05) is 42.7 Å². The molecule has 3 aromatic carbocycles. The van der Waals surface area contributed by atoms with E-state index in [0.29, 0.717) is 204 Å². The zero-order chi connectivity index (χ0) is 65.8. The Labute approximate surface area is 542 Å². The number of hydrogen-bond donors (Lipinski definition) is 0. The van der Waals surface area contributed by atoms with Crippen molar-refractivity contribution < 1.29 is 123 Å². The standard InChI is InChI=1S/C64H100N2O26/c1-67-9-15-73-21-27-79-33-39-85-59-45-53(46-60(86-40-34-80-28-22-74-16-10-68-2)63(59)89-43-37-83-31-25-77-19-13-71-5)51-91-57-7-8-58(56(50-66)55(57)49-65)92-52-54-47-61(87-41-35-81-29-23-75-17-11-69-3)64(90-44-38-84-32-26-78-20-14-72-6)62(48-54)88-42-36-82-30-24-76-18-12-70-4/h7-8,45-48H,9-44,51-52H2,1-6H3. The van der Waals surface area contributed by atoms with Gasteiger partial charge in [-0.3, -0.25) is 0 Å². The molecule has 0 saturated heterocycles. The van der Waals surface area contributed by atoms with Gasteiger partial charge in [0.2, 0.25) is 11.5 Å². The van der Waals surface area contributed by atoms with Gasteiger partial charge in [-0.2, -0.15) is 10.5 Å². The highest BCUT2D eigenvalue weighted by atomic mass is 16.6. The van der Waals surface area contributed by atoms with E-state index in [0.717, 1.165) is 0 Å². The summed E-state index contributed by atoms with van der Waals surface area (Å²) in [7, 11) is 9.65. The number of hydrogen-bond acceptors (Lipinski definition) is 28. The van der Waals surface area contributed by atoms with E-state index in [-0.39, 0.29) is 115 Å². The molecule has 92 heavy (non-hydrogen) atoms. The fourth-order valence-electron chi connectivity index (χ4n) is 7.52. The zero-order valence-electron chi connectivity index (χ0n) is 54.8. The van der Waals surface area contributed by atoms with Crippen molar-refractivity contribution in [2.45, 2.75) is 13.2 Å². The largest absolute Gasteiger partial charge is 0.487 e. The Bertz CT molecular complexity index is 2100. The lowest BCUT2D eigenvalue weighted by Crippen LogP contribution is -2.16. The van der Waals surface area contributed by atoms with Gasteiger partial charge >= 0.3 is 0 Å². The van der Waals surface area contributed by atoms with Crippen LogP contribution in [-0.4, -0.2) is 281 Å². The summed E-state index contributed by atoms with van der Waals surface area (Å²) in [6, 6.07) is 14.4. The number of methoxy groups -OCH3 is 6. The highest BCUT2D eigenvalue weighted by molar-refractivity contribution is 5.61. The van der Waals surface area contributed by atoms with E-state index in [9.17, 15) is 10.5 Å². The van der Waals surface area contributed by atoms with Gasteiger partial charge in [-0.15, -0.1) is 0 Å². The minimum atomic E-state index is -0.0979. The lowest BCUT2D eigenvalue weighted by molar-refractivity contribution is 0.0146. The Morgan fingerprint density at radius 3 is 0.609 bits per heavy atom. The highest BCUT2D eigenvalue weighted by Gasteiger charge is 2.22. The van der Waals surface area contributed by atoms with Crippen molar-refractivity contribution in [1.29, 1.82) is 10.5 Å². The second kappa shape index (κ2) is 57.9. The molecule has 0 N–H and O–H groups in total. The molecule has 0 aromatic heterocycles. The van der Waals surface area contributed by atoms with Gasteiger partial charge in [0.05, 0.1) is 198 Å². The molecule has 0 fully saturated rings. The number of nitrogens with zero attached hydrogens (tertiary/aromatic N) is 2. The first kappa shape index (κ1) is 80.6. The summed E-state index contributed by atoms with van der Waals surface area (Å²) in [6.45, 7) is 11.9. The van der Waals surface area contributed by atoms with Gasteiger partial charge in [0.15, 0.2) is 23.0 Å². The maximum Gasteiger partial charge on any atom is 0.203 e. The van der Waals surface area contributed by atoms with Crippen LogP contribution in [0.25, 0.3) is 0 Å². The molecule has 3 rings (SSSR count). The topological polar surface area (TPSA) is 288 Å². The van der Waals surface area contributed by atoms with Crippen LogP contribution in [0.5, 0.6) is 46.0 Å². The minimum Gasteiger partial charge on any atom is -0.487 e. The smallest absolute Gasteiger partial charge is 0.203 e. The summed E-state index contributed by atoms with van der Waals surface area (Å²) in [5.74, 6) is 2.15. The van der Waals surface area contributed by atoms with Crippen molar-refractivity contribution in [3.8, 4) is 58.1 Å². The molecule has 0 aliphatic heterocycles. The van der Waals surface area contributed by atoms with E-state index in [2.05, 4.69) is 12.1 Å². The van der Waals surface area contributed by atoms with E-state index < -0.39 is 0 Å². The van der Waals surface area contributed by atoms with E-state index in [1.54, 1.807) is 79.1 Å². The quantitative estimate of drug-likeness (QED) is 0.0676. The monoisotopic (exact) mass is 1310 g/mol. The maximum absolute atomic E-state index is 10.6. The van der Waals surface area contributed by atoms with E-state index in [1.165, 1.54) is 0 Å². The third-order valence-electron chi connectivity index (χ3n) is 12.0. The molecule has 0 atom stereocenters. The summed E-state index contributed by atoms with van der Waals surface area (Å²) in [5, 5.41) is 21.3. The average Bonchev–Trinajstić information content (AvgIpc) is 0.970. The van der Waals surface area contributed by atoms with Crippen LogP contribution in [-0.2, 0) is 98.5 Å². The molecular weight excluding hydrogens is 1210 g/mol. The molecule has 0 aliphatic rings. The number of rotatable bonds is 66. The fourth-order valence-corrected chi connectivity index (χ4v) is 7.52. The molecule has 3 aromatic rings. The van der Waals surface area contributed by atoms with Crippen molar-refractivity contribution in [2.24, 2.45) is 0 Å². The summed E-state index contributed by atoms with van der Waals surface area (Å²) in [5.41, 5.74) is 1.04. The molecule has 0 radical (unpaired) electrons. The second-order valence-corrected chi connectivity index (χ2v) is 18.9. The van der Waals surface area contributed by atoms with Crippen LogP contribution < -0.4 is 37.9 Å². The first-order valence-electron chi connectivity index (χ1n) is 30.7. The minimum absolute atomic E-state index is 0.0533. The van der Waals surface area contributed by atoms with Gasteiger partial charge in [-0.1, -0.05) is 0 Å². The summed E-state index contributed by atoms with van der Waals surface area (Å²) >= 11 is 0. The van der Waals surface area contributed by atoms with Crippen molar-refractivity contribution in [3.63, 3.8) is 0 Å². The molecule has 0 bridgehead atoms.